The van der Waals surface area contributed by atoms with E-state index in [1.165, 1.54) is 6.21 Å². The number of oxime groups is 1. The molecule has 0 spiro atoms. The van der Waals surface area contributed by atoms with Gasteiger partial charge in [0, 0.05) is 23.3 Å². The molecular formula is C23H33NO6. The van der Waals surface area contributed by atoms with E-state index in [1.54, 1.807) is 6.08 Å². The van der Waals surface area contributed by atoms with Gasteiger partial charge >= 0.3 is 5.97 Å². The van der Waals surface area contributed by atoms with Crippen LogP contribution in [0.25, 0.3) is 0 Å². The van der Waals surface area contributed by atoms with Gasteiger partial charge in [-0.25, -0.2) is 4.79 Å². The zero-order valence-corrected chi connectivity index (χ0v) is 17.6. The highest BCUT2D eigenvalue weighted by molar-refractivity contribution is 5.85. The molecule has 4 saturated carbocycles. The first-order chi connectivity index (χ1) is 14.2. The topological polar surface area (TPSA) is 120 Å². The van der Waals surface area contributed by atoms with Crippen LogP contribution in [0.1, 0.15) is 64.7 Å². The maximum Gasteiger partial charge on any atom is 0.331 e. The number of aliphatic hydroxyl groups excluding tert-OH is 1. The van der Waals surface area contributed by atoms with Crippen molar-refractivity contribution in [3.63, 3.8) is 0 Å². The van der Waals surface area contributed by atoms with Crippen molar-refractivity contribution < 1.29 is 30.1 Å². The van der Waals surface area contributed by atoms with Crippen LogP contribution in [0.4, 0.5) is 0 Å². The van der Waals surface area contributed by atoms with E-state index in [0.717, 1.165) is 24.8 Å². The van der Waals surface area contributed by atoms with Crippen LogP contribution in [-0.2, 0) is 9.53 Å². The molecule has 8 atom stereocenters. The van der Waals surface area contributed by atoms with Gasteiger partial charge in [0.25, 0.3) is 0 Å². The molecule has 30 heavy (non-hydrogen) atoms. The van der Waals surface area contributed by atoms with E-state index < -0.39 is 22.7 Å². The Morgan fingerprint density at radius 1 is 1.10 bits per heavy atom. The van der Waals surface area contributed by atoms with E-state index in [4.69, 9.17) is 4.74 Å². The minimum atomic E-state index is -1.12. The largest absolute Gasteiger partial charge is 0.458 e. The zero-order valence-electron chi connectivity index (χ0n) is 17.6. The molecule has 5 aliphatic rings. The van der Waals surface area contributed by atoms with Crippen molar-refractivity contribution in [3.8, 4) is 0 Å². The highest BCUT2D eigenvalue weighted by Crippen LogP contribution is 2.70. The maximum absolute atomic E-state index is 12.2. The summed E-state index contributed by atoms with van der Waals surface area (Å²) < 4.78 is 5.17. The molecule has 7 heteroatoms. The molecule has 7 nitrogen and oxygen atoms in total. The van der Waals surface area contributed by atoms with Crippen molar-refractivity contribution in [1.82, 2.24) is 0 Å². The Morgan fingerprint density at radius 2 is 1.87 bits per heavy atom. The summed E-state index contributed by atoms with van der Waals surface area (Å²) in [6.07, 6.45) is 8.20. The van der Waals surface area contributed by atoms with Crippen LogP contribution < -0.4 is 0 Å². The molecule has 0 bridgehead atoms. The molecule has 4 aliphatic carbocycles. The number of hydrogen-bond donors (Lipinski definition) is 4. The van der Waals surface area contributed by atoms with Gasteiger partial charge in [-0.1, -0.05) is 6.92 Å². The molecule has 0 unspecified atom stereocenters. The Bertz CT molecular complexity index is 812. The number of rotatable bonds is 2. The van der Waals surface area contributed by atoms with Crippen LogP contribution in [0.3, 0.4) is 0 Å². The minimum absolute atomic E-state index is 0.00749. The van der Waals surface area contributed by atoms with Gasteiger partial charge in [0.2, 0.25) is 0 Å². The Balaban J connectivity index is 1.53. The fourth-order valence-corrected chi connectivity index (χ4v) is 8.46. The quantitative estimate of drug-likeness (QED) is 0.236. The second-order valence-electron chi connectivity index (χ2n) is 10.8. The van der Waals surface area contributed by atoms with Gasteiger partial charge in [0.15, 0.2) is 0 Å². The van der Waals surface area contributed by atoms with Crippen LogP contribution in [-0.4, -0.2) is 56.6 Å². The Hall–Kier alpha value is -1.44. The predicted molar refractivity (Wildman–Crippen MR) is 108 cm³/mol. The molecule has 0 aromatic carbocycles. The SMILES string of the molecule is C[C@]12CC[C@H]3[C@@H](CC[C@]4(O)C[C@@H](O)CC[C@]34/C=N\O)[C@]1(O)CC[C@@H]2C1=CC(=O)OC1. The number of ether oxygens (including phenoxy) is 1. The average Bonchev–Trinajstić information content (AvgIpc) is 3.23. The van der Waals surface area contributed by atoms with Crippen LogP contribution in [0.15, 0.2) is 16.8 Å². The minimum Gasteiger partial charge on any atom is -0.458 e. The smallest absolute Gasteiger partial charge is 0.331 e. The van der Waals surface area contributed by atoms with Crippen LogP contribution in [0.2, 0.25) is 0 Å². The fourth-order valence-electron chi connectivity index (χ4n) is 8.46. The Morgan fingerprint density at radius 3 is 2.57 bits per heavy atom. The molecule has 1 aliphatic heterocycles. The number of esters is 1. The molecule has 5 rings (SSSR count). The number of fused-ring (bicyclic) bond motifs is 5. The summed E-state index contributed by atoms with van der Waals surface area (Å²) in [7, 11) is 0. The first-order valence-electron chi connectivity index (χ1n) is 11.4. The van der Waals surface area contributed by atoms with Crippen molar-refractivity contribution in [2.24, 2.45) is 33.7 Å². The average molecular weight is 420 g/mol. The van der Waals surface area contributed by atoms with Gasteiger partial charge < -0.3 is 25.3 Å². The molecule has 1 heterocycles. The zero-order chi connectivity index (χ0) is 21.4. The summed E-state index contributed by atoms with van der Waals surface area (Å²) in [6, 6.07) is 0. The van der Waals surface area contributed by atoms with E-state index in [0.29, 0.717) is 38.7 Å². The van der Waals surface area contributed by atoms with Crippen molar-refractivity contribution in [3.05, 3.63) is 11.6 Å². The van der Waals surface area contributed by atoms with E-state index in [1.807, 2.05) is 0 Å². The second kappa shape index (κ2) is 6.53. The molecule has 0 aromatic heterocycles. The molecule has 166 valence electrons. The third kappa shape index (κ3) is 2.43. The van der Waals surface area contributed by atoms with Gasteiger partial charge in [-0.15, -0.1) is 5.16 Å². The van der Waals surface area contributed by atoms with Crippen LogP contribution >= 0.6 is 0 Å². The molecular weight excluding hydrogens is 386 g/mol. The first-order valence-corrected chi connectivity index (χ1v) is 11.4. The lowest BCUT2D eigenvalue weighted by Crippen LogP contribution is -2.68. The number of aliphatic hydroxyl groups is 3. The summed E-state index contributed by atoms with van der Waals surface area (Å²) in [6.45, 7) is 2.48. The fraction of sp³-hybridized carbons (Fsp3) is 0.826. The van der Waals surface area contributed by atoms with Gasteiger partial charge in [-0.05, 0) is 74.7 Å². The molecule has 0 aromatic rings. The third-order valence-electron chi connectivity index (χ3n) is 9.93. The maximum atomic E-state index is 12.2. The summed E-state index contributed by atoms with van der Waals surface area (Å²) >= 11 is 0. The number of cyclic esters (lactones) is 1. The van der Waals surface area contributed by atoms with Crippen LogP contribution in [0.5, 0.6) is 0 Å². The van der Waals surface area contributed by atoms with E-state index in [-0.39, 0.29) is 35.6 Å². The Labute approximate surface area is 176 Å². The monoisotopic (exact) mass is 419 g/mol. The summed E-state index contributed by atoms with van der Waals surface area (Å²) in [4.78, 5) is 11.7. The number of nitrogens with zero attached hydrogens (tertiary/aromatic N) is 1. The summed E-state index contributed by atoms with van der Waals surface area (Å²) in [5, 5.41) is 47.0. The normalized spacial score (nSPS) is 53.1. The lowest BCUT2D eigenvalue weighted by atomic mass is 9.41. The van der Waals surface area contributed by atoms with Gasteiger partial charge in [0.05, 0.1) is 23.5 Å². The molecule has 0 saturated heterocycles. The van der Waals surface area contributed by atoms with Crippen molar-refractivity contribution in [2.45, 2.75) is 82.0 Å². The lowest BCUT2D eigenvalue weighted by molar-refractivity contribution is -0.237. The first kappa shape index (κ1) is 20.5. The summed E-state index contributed by atoms with van der Waals surface area (Å²) in [5.41, 5.74) is -2.11. The number of carbonyl (C=O) groups excluding carboxylic acids is 1. The van der Waals surface area contributed by atoms with Crippen LogP contribution in [0, 0.1) is 28.6 Å². The summed E-state index contributed by atoms with van der Waals surface area (Å²) in [5.74, 6) is -0.203. The second-order valence-corrected chi connectivity index (χ2v) is 10.8. The van der Waals surface area contributed by atoms with E-state index in [2.05, 4.69) is 12.1 Å². The van der Waals surface area contributed by atoms with E-state index in [9.17, 15) is 25.3 Å². The highest BCUT2D eigenvalue weighted by Gasteiger charge is 2.71. The molecule has 0 radical (unpaired) electrons. The van der Waals surface area contributed by atoms with E-state index >= 15 is 0 Å². The third-order valence-corrected chi connectivity index (χ3v) is 9.93. The standard InChI is InChI=1S/C23H33NO6/c1-20-6-3-17-18(23(20,28)9-5-16(20)14-10-19(26)30-12-14)4-8-22(27)11-15(25)2-7-21(17,22)13-24-29/h10,13,15-18,25,27-29H,2-9,11-12H2,1H3/b24-13-/t15-,16+,17-,18+,20+,21-,22-,23+/m0/s1. The predicted octanol–water partition coefficient (Wildman–Crippen LogP) is 2.16. The number of hydrogen-bond acceptors (Lipinski definition) is 7. The Kier molecular flexibility index (Phi) is 4.45. The van der Waals surface area contributed by atoms with Crippen molar-refractivity contribution >= 4 is 12.2 Å². The van der Waals surface area contributed by atoms with Gasteiger partial charge in [-0.2, -0.15) is 0 Å². The lowest BCUT2D eigenvalue weighted by Gasteiger charge is -2.65. The molecule has 4 fully saturated rings. The highest BCUT2D eigenvalue weighted by atomic mass is 16.5. The molecule has 4 N–H and O–H groups in total. The van der Waals surface area contributed by atoms with Gasteiger partial charge in [-0.3, -0.25) is 0 Å². The van der Waals surface area contributed by atoms with Crippen molar-refractivity contribution in [1.29, 1.82) is 0 Å². The number of carbonyl (C=O) groups is 1. The molecule has 0 amide bonds. The van der Waals surface area contributed by atoms with Crippen molar-refractivity contribution in [2.75, 3.05) is 6.61 Å². The van der Waals surface area contributed by atoms with Gasteiger partial charge in [0.1, 0.15) is 6.61 Å².